The van der Waals surface area contributed by atoms with Crippen molar-refractivity contribution in [3.8, 4) is 51.5 Å². The number of anilines is 1. The molecule has 1 N–H and O–H groups in total. The molecule has 0 saturated heterocycles. The summed E-state index contributed by atoms with van der Waals surface area (Å²) in [4.78, 5) is 17.7. The monoisotopic (exact) mass is 589 g/mol. The SMILES string of the molecule is COc1cc(OC)c(NC(=O)CCSc2nc(-c3ccccc3)cc(-c3cccc(OC)c3OC)c2C#N)cc1Cl. The molecular formula is C31H28ClN3O5S. The molecule has 41 heavy (non-hydrogen) atoms. The lowest BCUT2D eigenvalue weighted by atomic mass is 9.98. The summed E-state index contributed by atoms with van der Waals surface area (Å²) in [7, 11) is 6.13. The summed E-state index contributed by atoms with van der Waals surface area (Å²) in [6, 6.07) is 22.6. The van der Waals surface area contributed by atoms with Gasteiger partial charge in [-0.05, 0) is 18.2 Å². The van der Waals surface area contributed by atoms with E-state index in [-0.39, 0.29) is 12.3 Å². The molecule has 0 atom stereocenters. The summed E-state index contributed by atoms with van der Waals surface area (Å²) in [5, 5.41) is 13.9. The number of thioether (sulfide) groups is 1. The van der Waals surface area contributed by atoms with Gasteiger partial charge >= 0.3 is 0 Å². The number of halogens is 1. The Hall–Kier alpha value is -4.39. The second-order valence-electron chi connectivity index (χ2n) is 8.59. The Labute approximate surface area is 248 Å². The zero-order valence-corrected chi connectivity index (χ0v) is 24.6. The number of hydrogen-bond donors (Lipinski definition) is 1. The van der Waals surface area contributed by atoms with Crippen molar-refractivity contribution >= 4 is 35.0 Å². The van der Waals surface area contributed by atoms with Crippen LogP contribution in [0.5, 0.6) is 23.0 Å². The van der Waals surface area contributed by atoms with Gasteiger partial charge in [-0.1, -0.05) is 54.1 Å². The summed E-state index contributed by atoms with van der Waals surface area (Å²) < 4.78 is 21.8. The first-order valence-corrected chi connectivity index (χ1v) is 13.9. The number of carbonyl (C=O) groups excluding carboxylic acids is 1. The highest BCUT2D eigenvalue weighted by atomic mass is 35.5. The summed E-state index contributed by atoms with van der Waals surface area (Å²) in [6.45, 7) is 0. The molecule has 0 fully saturated rings. The van der Waals surface area contributed by atoms with E-state index in [1.54, 1.807) is 32.4 Å². The minimum absolute atomic E-state index is 0.150. The maximum atomic E-state index is 12.9. The number of methoxy groups -OCH3 is 4. The highest BCUT2D eigenvalue weighted by Crippen LogP contribution is 2.42. The summed E-state index contributed by atoms with van der Waals surface area (Å²) in [5.74, 6) is 2.05. The van der Waals surface area contributed by atoms with Gasteiger partial charge in [0.2, 0.25) is 5.91 Å². The quantitative estimate of drug-likeness (QED) is 0.185. The van der Waals surface area contributed by atoms with Crippen LogP contribution >= 0.6 is 23.4 Å². The predicted octanol–water partition coefficient (Wildman–Crippen LogP) is 7.10. The standard InChI is InChI=1S/C31H28ClN3O5S/c1-37-26-12-8-11-20(30(26)40-4)21-15-24(19-9-6-5-7-10-19)35-31(22(21)18-33)41-14-13-29(36)34-25-16-23(32)27(38-2)17-28(25)39-3/h5-12,15-17H,13-14H2,1-4H3,(H,34,36). The highest BCUT2D eigenvalue weighted by molar-refractivity contribution is 7.99. The largest absolute Gasteiger partial charge is 0.495 e. The Morgan fingerprint density at radius 2 is 1.63 bits per heavy atom. The number of benzene rings is 3. The van der Waals surface area contributed by atoms with Gasteiger partial charge in [-0.15, -0.1) is 11.8 Å². The molecule has 1 heterocycles. The molecule has 0 bridgehead atoms. The van der Waals surface area contributed by atoms with Crippen LogP contribution in [0.1, 0.15) is 12.0 Å². The molecule has 0 aliphatic heterocycles. The molecule has 1 amide bonds. The first kappa shape index (κ1) is 29.6. The second-order valence-corrected chi connectivity index (χ2v) is 10.1. The lowest BCUT2D eigenvalue weighted by Gasteiger charge is -2.16. The zero-order chi connectivity index (χ0) is 29.4. The summed E-state index contributed by atoms with van der Waals surface area (Å²) in [5.41, 5.74) is 3.75. The molecule has 10 heteroatoms. The predicted molar refractivity (Wildman–Crippen MR) is 161 cm³/mol. The maximum Gasteiger partial charge on any atom is 0.225 e. The fraction of sp³-hybridized carbons (Fsp3) is 0.194. The van der Waals surface area contributed by atoms with Crippen LogP contribution in [-0.4, -0.2) is 45.1 Å². The normalized spacial score (nSPS) is 10.4. The Balaban J connectivity index is 1.65. The molecule has 210 valence electrons. The number of amides is 1. The number of nitriles is 1. The van der Waals surface area contributed by atoms with Crippen LogP contribution in [0.3, 0.4) is 0 Å². The first-order valence-electron chi connectivity index (χ1n) is 12.5. The number of nitrogens with one attached hydrogen (secondary N) is 1. The zero-order valence-electron chi connectivity index (χ0n) is 23.0. The molecule has 3 aromatic carbocycles. The minimum Gasteiger partial charge on any atom is -0.495 e. The van der Waals surface area contributed by atoms with Crippen molar-refractivity contribution in [1.82, 2.24) is 4.98 Å². The van der Waals surface area contributed by atoms with Crippen molar-refractivity contribution in [2.45, 2.75) is 11.4 Å². The van der Waals surface area contributed by atoms with E-state index in [0.717, 1.165) is 5.56 Å². The average Bonchev–Trinajstić information content (AvgIpc) is 3.00. The van der Waals surface area contributed by atoms with Gasteiger partial charge in [0.1, 0.15) is 22.6 Å². The number of para-hydroxylation sites is 1. The number of ether oxygens (including phenoxy) is 4. The fourth-order valence-electron chi connectivity index (χ4n) is 4.21. The van der Waals surface area contributed by atoms with E-state index in [2.05, 4.69) is 11.4 Å². The molecular weight excluding hydrogens is 562 g/mol. The average molecular weight is 590 g/mol. The Morgan fingerprint density at radius 1 is 0.902 bits per heavy atom. The van der Waals surface area contributed by atoms with E-state index in [0.29, 0.717) is 66.9 Å². The van der Waals surface area contributed by atoms with Crippen molar-refractivity contribution in [2.75, 3.05) is 39.5 Å². The second kappa shape index (κ2) is 13.8. The van der Waals surface area contributed by atoms with E-state index in [4.69, 9.17) is 35.5 Å². The maximum absolute atomic E-state index is 12.9. The van der Waals surface area contributed by atoms with E-state index in [9.17, 15) is 10.1 Å². The smallest absolute Gasteiger partial charge is 0.225 e. The molecule has 4 rings (SSSR count). The molecule has 0 spiro atoms. The van der Waals surface area contributed by atoms with Gasteiger partial charge in [0.25, 0.3) is 0 Å². The van der Waals surface area contributed by atoms with E-state index in [1.807, 2.05) is 48.5 Å². The van der Waals surface area contributed by atoms with Crippen LogP contribution in [0, 0.1) is 11.3 Å². The van der Waals surface area contributed by atoms with Crippen LogP contribution in [0.4, 0.5) is 5.69 Å². The Kier molecular flexibility index (Phi) is 9.95. The van der Waals surface area contributed by atoms with Gasteiger partial charge in [0.15, 0.2) is 11.5 Å². The lowest BCUT2D eigenvalue weighted by molar-refractivity contribution is -0.115. The van der Waals surface area contributed by atoms with Crippen LogP contribution in [-0.2, 0) is 4.79 Å². The van der Waals surface area contributed by atoms with Gasteiger partial charge in [-0.2, -0.15) is 5.26 Å². The van der Waals surface area contributed by atoms with Crippen LogP contribution < -0.4 is 24.3 Å². The molecule has 0 radical (unpaired) electrons. The molecule has 4 aromatic rings. The van der Waals surface area contributed by atoms with Gasteiger partial charge in [0, 0.05) is 34.9 Å². The van der Waals surface area contributed by atoms with Crippen molar-refractivity contribution < 1.29 is 23.7 Å². The van der Waals surface area contributed by atoms with E-state index < -0.39 is 0 Å². The lowest BCUT2D eigenvalue weighted by Crippen LogP contribution is -2.13. The minimum atomic E-state index is -0.246. The summed E-state index contributed by atoms with van der Waals surface area (Å²) >= 11 is 7.57. The van der Waals surface area contributed by atoms with Crippen molar-refractivity contribution in [3.63, 3.8) is 0 Å². The fourth-order valence-corrected chi connectivity index (χ4v) is 5.40. The third-order valence-corrected chi connectivity index (χ3v) is 7.45. The van der Waals surface area contributed by atoms with Crippen molar-refractivity contribution in [3.05, 3.63) is 77.3 Å². The van der Waals surface area contributed by atoms with Crippen LogP contribution in [0.25, 0.3) is 22.4 Å². The van der Waals surface area contributed by atoms with E-state index >= 15 is 0 Å². The number of aromatic nitrogens is 1. The van der Waals surface area contributed by atoms with Crippen molar-refractivity contribution in [1.29, 1.82) is 5.26 Å². The third-order valence-electron chi connectivity index (χ3n) is 6.18. The van der Waals surface area contributed by atoms with Crippen molar-refractivity contribution in [2.24, 2.45) is 0 Å². The number of pyridine rings is 1. The number of hydrogen-bond acceptors (Lipinski definition) is 8. The number of nitrogens with zero attached hydrogens (tertiary/aromatic N) is 2. The topological polar surface area (TPSA) is 103 Å². The van der Waals surface area contributed by atoms with Gasteiger partial charge < -0.3 is 24.3 Å². The molecule has 0 unspecified atom stereocenters. The molecule has 8 nitrogen and oxygen atoms in total. The molecule has 0 aliphatic rings. The Morgan fingerprint density at radius 3 is 2.29 bits per heavy atom. The molecule has 0 aliphatic carbocycles. The highest BCUT2D eigenvalue weighted by Gasteiger charge is 2.21. The van der Waals surface area contributed by atoms with Crippen LogP contribution in [0.2, 0.25) is 5.02 Å². The van der Waals surface area contributed by atoms with Gasteiger partial charge in [0.05, 0.1) is 50.4 Å². The third kappa shape index (κ3) is 6.68. The number of carbonyl (C=O) groups is 1. The summed E-state index contributed by atoms with van der Waals surface area (Å²) in [6.07, 6.45) is 0.150. The molecule has 0 saturated carbocycles. The van der Waals surface area contributed by atoms with E-state index in [1.165, 1.54) is 26.0 Å². The van der Waals surface area contributed by atoms with Gasteiger partial charge in [-0.25, -0.2) is 4.98 Å². The first-order chi connectivity index (χ1) is 19.9. The molecule has 1 aromatic heterocycles. The Bertz CT molecular complexity index is 1590. The van der Waals surface area contributed by atoms with Crippen LogP contribution in [0.15, 0.2) is 71.8 Å². The number of rotatable bonds is 11. The van der Waals surface area contributed by atoms with Gasteiger partial charge in [-0.3, -0.25) is 4.79 Å².